The van der Waals surface area contributed by atoms with Crippen molar-refractivity contribution in [1.82, 2.24) is 9.55 Å². The van der Waals surface area contributed by atoms with Crippen molar-refractivity contribution in [3.63, 3.8) is 0 Å². The van der Waals surface area contributed by atoms with Crippen LogP contribution >= 0.6 is 0 Å². The van der Waals surface area contributed by atoms with Crippen molar-refractivity contribution < 1.29 is 0 Å². The van der Waals surface area contributed by atoms with Gasteiger partial charge in [-0.1, -0.05) is 27.7 Å². The van der Waals surface area contributed by atoms with Crippen LogP contribution in [0.1, 0.15) is 53.0 Å². The zero-order valence-electron chi connectivity index (χ0n) is 10.7. The molecule has 1 aromatic heterocycles. The third-order valence-electron chi connectivity index (χ3n) is 3.60. The lowest BCUT2D eigenvalue weighted by atomic mass is 9.63. The molecule has 2 rings (SSSR count). The largest absolute Gasteiger partial charge is 0.325 e. The maximum atomic E-state index is 11.6. The molecule has 1 N–H and O–H groups in total. The Morgan fingerprint density at radius 2 is 1.81 bits per heavy atom. The third kappa shape index (κ3) is 2.23. The summed E-state index contributed by atoms with van der Waals surface area (Å²) in [6, 6.07) is 0.345. The van der Waals surface area contributed by atoms with Gasteiger partial charge in [0.2, 0.25) is 0 Å². The summed E-state index contributed by atoms with van der Waals surface area (Å²) in [6.07, 6.45) is 7.03. The van der Waals surface area contributed by atoms with Gasteiger partial charge in [0.25, 0.3) is 0 Å². The van der Waals surface area contributed by atoms with E-state index in [4.69, 9.17) is 0 Å². The molecule has 1 aromatic rings. The average Bonchev–Trinajstić information content (AvgIpc) is 2.45. The maximum absolute atomic E-state index is 11.6. The summed E-state index contributed by atoms with van der Waals surface area (Å²) in [5, 5.41) is 0. The topological polar surface area (TPSA) is 37.8 Å². The first-order valence-corrected chi connectivity index (χ1v) is 6.05. The molecular weight excluding hydrogens is 200 g/mol. The monoisotopic (exact) mass is 222 g/mol. The lowest BCUT2D eigenvalue weighted by Gasteiger charge is -2.45. The minimum Gasteiger partial charge on any atom is -0.313 e. The minimum atomic E-state index is 0.0264. The highest BCUT2D eigenvalue weighted by molar-refractivity contribution is 4.94. The molecule has 3 heteroatoms. The normalized spacial score (nSPS) is 24.5. The van der Waals surface area contributed by atoms with Gasteiger partial charge in [0.15, 0.2) is 0 Å². The lowest BCUT2D eigenvalue weighted by Crippen LogP contribution is -2.37. The summed E-state index contributed by atoms with van der Waals surface area (Å²) in [5.74, 6) is 0. The van der Waals surface area contributed by atoms with Crippen LogP contribution in [0.3, 0.4) is 0 Å². The zero-order chi connectivity index (χ0) is 12.0. The highest BCUT2D eigenvalue weighted by Crippen LogP contribution is 2.49. The van der Waals surface area contributed by atoms with E-state index in [1.165, 1.54) is 6.42 Å². The molecule has 90 valence electrons. The molecule has 1 heterocycles. The highest BCUT2D eigenvalue weighted by Gasteiger charge is 2.39. The van der Waals surface area contributed by atoms with Crippen molar-refractivity contribution in [3.8, 4) is 0 Å². The zero-order valence-corrected chi connectivity index (χ0v) is 10.7. The van der Waals surface area contributed by atoms with E-state index in [0.717, 1.165) is 12.8 Å². The van der Waals surface area contributed by atoms with Crippen molar-refractivity contribution in [2.75, 3.05) is 0 Å². The number of imidazole rings is 1. The van der Waals surface area contributed by atoms with Crippen LogP contribution in [0.4, 0.5) is 0 Å². The summed E-state index contributed by atoms with van der Waals surface area (Å²) in [4.78, 5) is 14.4. The van der Waals surface area contributed by atoms with E-state index in [1.807, 2.05) is 10.8 Å². The van der Waals surface area contributed by atoms with Gasteiger partial charge in [0, 0.05) is 18.4 Å². The molecule has 3 nitrogen and oxygen atoms in total. The summed E-state index contributed by atoms with van der Waals surface area (Å²) < 4.78 is 1.86. The Labute approximate surface area is 96.9 Å². The van der Waals surface area contributed by atoms with Crippen molar-refractivity contribution in [3.05, 3.63) is 22.9 Å². The van der Waals surface area contributed by atoms with Gasteiger partial charge in [-0.05, 0) is 30.1 Å². The first-order chi connectivity index (χ1) is 7.29. The van der Waals surface area contributed by atoms with E-state index in [0.29, 0.717) is 16.9 Å². The Kier molecular flexibility index (Phi) is 2.52. The van der Waals surface area contributed by atoms with Crippen LogP contribution in [0.25, 0.3) is 0 Å². The molecule has 0 spiro atoms. The number of aromatic nitrogens is 2. The number of hydrogen-bond acceptors (Lipinski definition) is 1. The number of H-pyrrole nitrogens is 1. The fourth-order valence-electron chi connectivity index (χ4n) is 3.60. The number of rotatable bonds is 1. The molecular formula is C13H22N2O. The third-order valence-corrected chi connectivity index (χ3v) is 3.60. The number of aromatic amines is 1. The Morgan fingerprint density at radius 1 is 1.25 bits per heavy atom. The molecule has 0 aliphatic heterocycles. The van der Waals surface area contributed by atoms with Gasteiger partial charge in [-0.2, -0.15) is 0 Å². The number of hydrogen-bond donors (Lipinski definition) is 1. The molecule has 0 aromatic carbocycles. The van der Waals surface area contributed by atoms with Crippen molar-refractivity contribution in [2.45, 2.75) is 53.0 Å². The van der Waals surface area contributed by atoms with Gasteiger partial charge in [0.05, 0.1) is 0 Å². The Morgan fingerprint density at radius 3 is 2.25 bits per heavy atom. The van der Waals surface area contributed by atoms with Crippen molar-refractivity contribution >= 4 is 0 Å². The smallest absolute Gasteiger partial charge is 0.313 e. The first-order valence-electron chi connectivity index (χ1n) is 6.05. The minimum absolute atomic E-state index is 0.0264. The van der Waals surface area contributed by atoms with E-state index in [2.05, 4.69) is 32.7 Å². The summed E-state index contributed by atoms with van der Waals surface area (Å²) in [5.41, 5.74) is 0.671. The van der Waals surface area contributed by atoms with E-state index < -0.39 is 0 Å². The first kappa shape index (κ1) is 11.5. The summed E-state index contributed by atoms with van der Waals surface area (Å²) >= 11 is 0. The van der Waals surface area contributed by atoms with Gasteiger partial charge in [0.1, 0.15) is 0 Å². The predicted octanol–water partition coefficient (Wildman–Crippen LogP) is 2.95. The molecule has 0 saturated heterocycles. The molecule has 1 fully saturated rings. The molecule has 1 aliphatic carbocycles. The van der Waals surface area contributed by atoms with E-state index >= 15 is 0 Å². The average molecular weight is 222 g/mol. The molecule has 1 saturated carbocycles. The molecule has 16 heavy (non-hydrogen) atoms. The second-order valence-corrected chi connectivity index (χ2v) is 6.74. The van der Waals surface area contributed by atoms with Crippen LogP contribution in [0.2, 0.25) is 0 Å². The predicted molar refractivity (Wildman–Crippen MR) is 65.5 cm³/mol. The van der Waals surface area contributed by atoms with E-state index in [9.17, 15) is 4.79 Å². The van der Waals surface area contributed by atoms with Gasteiger partial charge in [-0.3, -0.25) is 4.57 Å². The molecule has 0 atom stereocenters. The van der Waals surface area contributed by atoms with Crippen LogP contribution in [-0.4, -0.2) is 9.55 Å². The van der Waals surface area contributed by atoms with Crippen LogP contribution < -0.4 is 5.69 Å². The second-order valence-electron chi connectivity index (χ2n) is 6.74. The van der Waals surface area contributed by atoms with Crippen molar-refractivity contribution in [2.24, 2.45) is 10.8 Å². The Bertz CT molecular complexity index is 409. The molecule has 0 bridgehead atoms. The lowest BCUT2D eigenvalue weighted by molar-refractivity contribution is 0.0711. The fourth-order valence-corrected chi connectivity index (χ4v) is 3.60. The molecule has 0 amide bonds. The summed E-state index contributed by atoms with van der Waals surface area (Å²) in [6.45, 7) is 9.22. The fraction of sp³-hybridized carbons (Fsp3) is 0.769. The molecule has 0 radical (unpaired) electrons. The van der Waals surface area contributed by atoms with Crippen LogP contribution in [-0.2, 0) is 0 Å². The quantitative estimate of drug-likeness (QED) is 0.779. The van der Waals surface area contributed by atoms with E-state index in [1.54, 1.807) is 6.20 Å². The van der Waals surface area contributed by atoms with Gasteiger partial charge in [-0.15, -0.1) is 0 Å². The van der Waals surface area contributed by atoms with Crippen LogP contribution in [0.15, 0.2) is 17.2 Å². The van der Waals surface area contributed by atoms with E-state index in [-0.39, 0.29) is 5.69 Å². The number of nitrogens with one attached hydrogen (secondary N) is 1. The standard InChI is InChI=1S/C13H22N2O/c1-12(2)7-10(8-13(3,4)9-12)15-6-5-14-11(15)16/h5-6,10H,7-9H2,1-4H3,(H,14,16). The molecule has 1 aliphatic rings. The van der Waals surface area contributed by atoms with Gasteiger partial charge < -0.3 is 4.98 Å². The SMILES string of the molecule is CC1(C)CC(n2cc[nH]c2=O)CC(C)(C)C1. The Hall–Kier alpha value is -0.990. The second kappa shape index (κ2) is 3.51. The van der Waals surface area contributed by atoms with Crippen LogP contribution in [0.5, 0.6) is 0 Å². The van der Waals surface area contributed by atoms with Gasteiger partial charge in [-0.25, -0.2) is 4.79 Å². The maximum Gasteiger partial charge on any atom is 0.325 e. The van der Waals surface area contributed by atoms with Crippen molar-refractivity contribution in [1.29, 1.82) is 0 Å². The summed E-state index contributed by atoms with van der Waals surface area (Å²) in [7, 11) is 0. The highest BCUT2D eigenvalue weighted by atomic mass is 16.1. The molecule has 0 unspecified atom stereocenters. The Balaban J connectivity index is 2.30. The van der Waals surface area contributed by atoms with Gasteiger partial charge >= 0.3 is 5.69 Å². The van der Waals surface area contributed by atoms with Crippen LogP contribution in [0, 0.1) is 10.8 Å². The number of nitrogens with zero attached hydrogens (tertiary/aromatic N) is 1.